The van der Waals surface area contributed by atoms with Gasteiger partial charge in [-0.25, -0.2) is 4.79 Å². The Labute approximate surface area is 86.4 Å². The number of rotatable bonds is 3. The van der Waals surface area contributed by atoms with Gasteiger partial charge in [-0.1, -0.05) is 0 Å². The van der Waals surface area contributed by atoms with Gasteiger partial charge in [0.15, 0.2) is 0 Å². The minimum absolute atomic E-state index is 0.180. The first-order valence-electron chi connectivity index (χ1n) is 4.56. The number of amides is 2. The maximum absolute atomic E-state index is 11.2. The fraction of sp³-hybridized carbons (Fsp3) is 0.750. The van der Waals surface area contributed by atoms with Crippen LogP contribution in [0.15, 0.2) is 0 Å². The zero-order chi connectivity index (χ0) is 11.4. The summed E-state index contributed by atoms with van der Waals surface area (Å²) in [6.45, 7) is 1.76. The summed E-state index contributed by atoms with van der Waals surface area (Å²) in [5.41, 5.74) is 0. The molecule has 0 aromatic heterocycles. The van der Waals surface area contributed by atoms with E-state index in [0.717, 1.165) is 0 Å². The first-order chi connectivity index (χ1) is 7.00. The van der Waals surface area contributed by atoms with Gasteiger partial charge in [-0.05, 0) is 6.92 Å². The third-order valence-corrected chi connectivity index (χ3v) is 2.09. The highest BCUT2D eigenvalue weighted by molar-refractivity contribution is 5.82. The Kier molecular flexibility index (Phi) is 3.87. The molecule has 1 saturated heterocycles. The van der Waals surface area contributed by atoms with Crippen LogP contribution in [0.1, 0.15) is 6.92 Å². The molecule has 0 spiro atoms. The molecule has 0 bridgehead atoms. The SMILES string of the molecule is CC(NC(=O)N[C@@H]1COC[C@H]1O)C(=O)O. The Morgan fingerprint density at radius 2 is 2.13 bits per heavy atom. The van der Waals surface area contributed by atoms with Gasteiger partial charge in [0, 0.05) is 0 Å². The van der Waals surface area contributed by atoms with Gasteiger partial charge in [-0.2, -0.15) is 0 Å². The van der Waals surface area contributed by atoms with E-state index in [9.17, 15) is 14.7 Å². The van der Waals surface area contributed by atoms with Crippen molar-refractivity contribution < 1.29 is 24.5 Å². The molecule has 0 aliphatic carbocycles. The predicted octanol–water partition coefficient (Wildman–Crippen LogP) is -1.48. The second kappa shape index (κ2) is 4.94. The average Bonchev–Trinajstić information content (AvgIpc) is 2.51. The first-order valence-corrected chi connectivity index (χ1v) is 4.56. The summed E-state index contributed by atoms with van der Waals surface area (Å²) < 4.78 is 4.91. The van der Waals surface area contributed by atoms with Crippen LogP contribution in [0.2, 0.25) is 0 Å². The van der Waals surface area contributed by atoms with Crippen molar-refractivity contribution in [3.63, 3.8) is 0 Å². The van der Waals surface area contributed by atoms with E-state index in [-0.39, 0.29) is 13.2 Å². The highest BCUT2D eigenvalue weighted by atomic mass is 16.5. The molecule has 7 nitrogen and oxygen atoms in total. The molecule has 0 aromatic rings. The monoisotopic (exact) mass is 218 g/mol. The number of carbonyl (C=O) groups is 2. The van der Waals surface area contributed by atoms with Crippen molar-refractivity contribution in [2.45, 2.75) is 25.1 Å². The lowest BCUT2D eigenvalue weighted by atomic mass is 10.2. The van der Waals surface area contributed by atoms with Gasteiger partial charge in [0.2, 0.25) is 0 Å². The number of hydrogen-bond acceptors (Lipinski definition) is 4. The van der Waals surface area contributed by atoms with Crippen LogP contribution in [0.25, 0.3) is 0 Å². The fourth-order valence-corrected chi connectivity index (χ4v) is 1.15. The van der Waals surface area contributed by atoms with Crippen molar-refractivity contribution in [1.29, 1.82) is 0 Å². The lowest BCUT2D eigenvalue weighted by molar-refractivity contribution is -0.138. The number of carboxylic acid groups (broad SMARTS) is 1. The summed E-state index contributed by atoms with van der Waals surface area (Å²) in [6, 6.07) is -2.07. The summed E-state index contributed by atoms with van der Waals surface area (Å²) in [6.07, 6.45) is -0.740. The van der Waals surface area contributed by atoms with E-state index in [1.165, 1.54) is 6.92 Å². The number of aliphatic carboxylic acids is 1. The minimum atomic E-state index is -1.12. The number of aliphatic hydroxyl groups excluding tert-OH is 1. The standard InChI is InChI=1S/C8H14N2O5/c1-4(7(12)13)9-8(14)10-5-2-15-3-6(5)11/h4-6,11H,2-3H2,1H3,(H,12,13)(H2,9,10,14)/t4?,5-,6-/m1/s1. The Hall–Kier alpha value is -1.34. The Bertz CT molecular complexity index is 257. The molecule has 1 unspecified atom stereocenters. The summed E-state index contributed by atoms with van der Waals surface area (Å²) in [4.78, 5) is 21.6. The zero-order valence-corrected chi connectivity index (χ0v) is 8.27. The maximum Gasteiger partial charge on any atom is 0.325 e. The molecule has 4 N–H and O–H groups in total. The Morgan fingerprint density at radius 3 is 2.60 bits per heavy atom. The number of aliphatic hydroxyl groups is 1. The number of ether oxygens (including phenoxy) is 1. The molecular weight excluding hydrogens is 204 g/mol. The molecule has 0 saturated carbocycles. The van der Waals surface area contributed by atoms with Gasteiger partial charge in [-0.15, -0.1) is 0 Å². The van der Waals surface area contributed by atoms with Crippen molar-refractivity contribution in [2.75, 3.05) is 13.2 Å². The highest BCUT2D eigenvalue weighted by Gasteiger charge is 2.28. The van der Waals surface area contributed by atoms with E-state index in [1.54, 1.807) is 0 Å². The number of carboxylic acids is 1. The molecular formula is C8H14N2O5. The Morgan fingerprint density at radius 1 is 1.47 bits per heavy atom. The van der Waals surface area contributed by atoms with E-state index in [2.05, 4.69) is 10.6 Å². The van der Waals surface area contributed by atoms with Gasteiger partial charge in [0.05, 0.1) is 25.4 Å². The second-order valence-corrected chi connectivity index (χ2v) is 3.39. The third kappa shape index (κ3) is 3.37. The molecule has 7 heteroatoms. The molecule has 86 valence electrons. The summed E-state index contributed by atoms with van der Waals surface area (Å²) in [5.74, 6) is -1.12. The fourth-order valence-electron chi connectivity index (χ4n) is 1.15. The van der Waals surface area contributed by atoms with Crippen LogP contribution in [-0.2, 0) is 9.53 Å². The van der Waals surface area contributed by atoms with Crippen LogP contribution in [0.4, 0.5) is 4.79 Å². The molecule has 2 amide bonds. The van der Waals surface area contributed by atoms with E-state index in [1.807, 2.05) is 0 Å². The van der Waals surface area contributed by atoms with Gasteiger partial charge in [0.1, 0.15) is 6.04 Å². The second-order valence-electron chi connectivity index (χ2n) is 3.39. The lowest BCUT2D eigenvalue weighted by Crippen LogP contribution is -2.51. The number of urea groups is 1. The van der Waals surface area contributed by atoms with Crippen molar-refractivity contribution >= 4 is 12.0 Å². The van der Waals surface area contributed by atoms with Crippen molar-refractivity contribution in [1.82, 2.24) is 10.6 Å². The quantitative estimate of drug-likeness (QED) is 0.462. The molecule has 1 aliphatic rings. The third-order valence-electron chi connectivity index (χ3n) is 2.09. The molecule has 1 fully saturated rings. The van der Waals surface area contributed by atoms with Gasteiger partial charge in [-0.3, -0.25) is 4.79 Å². The minimum Gasteiger partial charge on any atom is -0.480 e. The predicted molar refractivity (Wildman–Crippen MR) is 49.4 cm³/mol. The topological polar surface area (TPSA) is 108 Å². The highest BCUT2D eigenvalue weighted by Crippen LogP contribution is 2.04. The molecule has 0 radical (unpaired) electrons. The number of hydrogen-bond donors (Lipinski definition) is 4. The van der Waals surface area contributed by atoms with E-state index in [0.29, 0.717) is 0 Å². The lowest BCUT2D eigenvalue weighted by Gasteiger charge is -2.16. The molecule has 1 rings (SSSR count). The molecule has 3 atom stereocenters. The van der Waals surface area contributed by atoms with Crippen LogP contribution in [0.5, 0.6) is 0 Å². The molecule has 1 heterocycles. The van der Waals surface area contributed by atoms with Crippen LogP contribution < -0.4 is 10.6 Å². The van der Waals surface area contributed by atoms with E-state index in [4.69, 9.17) is 9.84 Å². The number of carbonyl (C=O) groups excluding carboxylic acids is 1. The van der Waals surface area contributed by atoms with Crippen LogP contribution >= 0.6 is 0 Å². The van der Waals surface area contributed by atoms with E-state index >= 15 is 0 Å². The number of nitrogens with one attached hydrogen (secondary N) is 2. The van der Waals surface area contributed by atoms with Crippen molar-refractivity contribution in [3.05, 3.63) is 0 Å². The van der Waals surface area contributed by atoms with Crippen LogP contribution in [-0.4, -0.2) is 53.6 Å². The zero-order valence-electron chi connectivity index (χ0n) is 8.27. The molecule has 0 aromatic carbocycles. The first kappa shape index (κ1) is 11.7. The maximum atomic E-state index is 11.2. The van der Waals surface area contributed by atoms with Crippen molar-refractivity contribution in [2.24, 2.45) is 0 Å². The smallest absolute Gasteiger partial charge is 0.325 e. The van der Waals surface area contributed by atoms with Crippen LogP contribution in [0.3, 0.4) is 0 Å². The van der Waals surface area contributed by atoms with Gasteiger partial charge >= 0.3 is 12.0 Å². The molecule has 1 aliphatic heterocycles. The normalized spacial score (nSPS) is 27.1. The van der Waals surface area contributed by atoms with Gasteiger partial charge in [0.25, 0.3) is 0 Å². The Balaban J connectivity index is 2.32. The summed E-state index contributed by atoms with van der Waals surface area (Å²) in [7, 11) is 0. The summed E-state index contributed by atoms with van der Waals surface area (Å²) in [5, 5.41) is 22.5. The van der Waals surface area contributed by atoms with Crippen LogP contribution in [0, 0.1) is 0 Å². The largest absolute Gasteiger partial charge is 0.480 e. The van der Waals surface area contributed by atoms with Crippen molar-refractivity contribution in [3.8, 4) is 0 Å². The van der Waals surface area contributed by atoms with E-state index < -0.39 is 30.2 Å². The average molecular weight is 218 g/mol. The van der Waals surface area contributed by atoms with Gasteiger partial charge < -0.3 is 25.6 Å². The molecule has 15 heavy (non-hydrogen) atoms. The summed E-state index contributed by atoms with van der Waals surface area (Å²) >= 11 is 0.